The average Bonchev–Trinajstić information content (AvgIpc) is 2.92. The summed E-state index contributed by atoms with van der Waals surface area (Å²) in [4.78, 5) is 25.5. The lowest BCUT2D eigenvalue weighted by Gasteiger charge is -2.19. The highest BCUT2D eigenvalue weighted by Crippen LogP contribution is 2.34. The second kappa shape index (κ2) is 14.5. The van der Waals surface area contributed by atoms with Crippen LogP contribution in [0.15, 0.2) is 65.8 Å². The van der Waals surface area contributed by atoms with Gasteiger partial charge in [-0.25, -0.2) is 5.43 Å². The molecule has 0 heterocycles. The first-order valence-electron chi connectivity index (χ1n) is 12.1. The van der Waals surface area contributed by atoms with Crippen LogP contribution in [0.3, 0.4) is 0 Å². The van der Waals surface area contributed by atoms with E-state index in [1.165, 1.54) is 13.3 Å². The third-order valence-electron chi connectivity index (χ3n) is 5.59. The SMILES string of the molecule is COc1cc(/C=N/NC(=O)C(CC(C)C)NC(=O)c2ccc(Cl)cc2)cc(I)c1OCc1ccccc1C#N. The van der Waals surface area contributed by atoms with Gasteiger partial charge in [0.1, 0.15) is 12.6 Å². The maximum atomic E-state index is 12.9. The van der Waals surface area contributed by atoms with Gasteiger partial charge < -0.3 is 14.8 Å². The minimum atomic E-state index is -0.771. The van der Waals surface area contributed by atoms with Gasteiger partial charge in [-0.15, -0.1) is 0 Å². The number of methoxy groups -OCH3 is 1. The van der Waals surface area contributed by atoms with Crippen LogP contribution >= 0.6 is 34.2 Å². The molecule has 3 aromatic carbocycles. The lowest BCUT2D eigenvalue weighted by molar-refractivity contribution is -0.123. The molecule has 0 bridgehead atoms. The van der Waals surface area contributed by atoms with Crippen LogP contribution in [0.5, 0.6) is 11.5 Å². The average molecular weight is 659 g/mol. The Hall–Kier alpha value is -3.62. The maximum absolute atomic E-state index is 12.9. The van der Waals surface area contributed by atoms with Gasteiger partial charge in [0.2, 0.25) is 0 Å². The van der Waals surface area contributed by atoms with E-state index >= 15 is 0 Å². The maximum Gasteiger partial charge on any atom is 0.262 e. The van der Waals surface area contributed by atoms with Crippen molar-refractivity contribution in [2.45, 2.75) is 32.9 Å². The number of halogens is 2. The summed E-state index contributed by atoms with van der Waals surface area (Å²) < 4.78 is 12.3. The Balaban J connectivity index is 1.68. The Kier molecular flexibility index (Phi) is 11.1. The second-order valence-electron chi connectivity index (χ2n) is 8.99. The van der Waals surface area contributed by atoms with E-state index in [0.29, 0.717) is 39.6 Å². The molecular weight excluding hydrogens is 631 g/mol. The topological polar surface area (TPSA) is 113 Å². The first-order valence-corrected chi connectivity index (χ1v) is 13.5. The minimum Gasteiger partial charge on any atom is -0.493 e. The molecule has 0 fully saturated rings. The number of carbonyl (C=O) groups is 2. The zero-order valence-corrected chi connectivity index (χ0v) is 24.6. The van der Waals surface area contributed by atoms with E-state index in [2.05, 4.69) is 44.5 Å². The van der Waals surface area contributed by atoms with Crippen molar-refractivity contribution in [1.82, 2.24) is 10.7 Å². The number of hydrogen-bond donors (Lipinski definition) is 2. The quantitative estimate of drug-likeness (QED) is 0.156. The van der Waals surface area contributed by atoms with E-state index in [9.17, 15) is 14.9 Å². The van der Waals surface area contributed by atoms with Crippen LogP contribution in [0.25, 0.3) is 0 Å². The summed E-state index contributed by atoms with van der Waals surface area (Å²) in [6.07, 6.45) is 1.93. The zero-order chi connectivity index (χ0) is 28.4. The number of nitriles is 1. The van der Waals surface area contributed by atoms with Crippen LogP contribution < -0.4 is 20.2 Å². The molecule has 0 spiro atoms. The van der Waals surface area contributed by atoms with Crippen molar-refractivity contribution in [2.75, 3.05) is 7.11 Å². The molecule has 3 aromatic rings. The van der Waals surface area contributed by atoms with E-state index in [4.69, 9.17) is 21.1 Å². The summed E-state index contributed by atoms with van der Waals surface area (Å²) in [6, 6.07) is 18.6. The van der Waals surface area contributed by atoms with Crippen molar-refractivity contribution in [3.05, 3.63) is 91.5 Å². The summed E-state index contributed by atoms with van der Waals surface area (Å²) in [6.45, 7) is 4.14. The monoisotopic (exact) mass is 658 g/mol. The highest BCUT2D eigenvalue weighted by molar-refractivity contribution is 14.1. The number of hydrazone groups is 1. The van der Waals surface area contributed by atoms with Crippen molar-refractivity contribution in [3.8, 4) is 17.6 Å². The first kappa shape index (κ1) is 29.9. The summed E-state index contributed by atoms with van der Waals surface area (Å²) in [5.74, 6) is 0.378. The molecule has 0 aliphatic carbocycles. The third kappa shape index (κ3) is 8.70. The summed E-state index contributed by atoms with van der Waals surface area (Å²) in [5, 5.41) is 16.7. The molecule has 10 heteroatoms. The Morgan fingerprint density at radius 3 is 2.54 bits per heavy atom. The van der Waals surface area contributed by atoms with E-state index in [0.717, 1.165) is 9.13 Å². The molecule has 1 unspecified atom stereocenters. The first-order chi connectivity index (χ1) is 18.7. The number of hydrogen-bond acceptors (Lipinski definition) is 6. The van der Waals surface area contributed by atoms with Crippen LogP contribution in [0.4, 0.5) is 0 Å². The molecule has 2 amide bonds. The van der Waals surface area contributed by atoms with E-state index < -0.39 is 11.9 Å². The molecule has 3 rings (SSSR count). The second-order valence-corrected chi connectivity index (χ2v) is 10.6. The van der Waals surface area contributed by atoms with Gasteiger partial charge in [0.25, 0.3) is 11.8 Å². The Morgan fingerprint density at radius 2 is 1.87 bits per heavy atom. The molecule has 2 N–H and O–H groups in total. The minimum absolute atomic E-state index is 0.161. The molecule has 8 nitrogen and oxygen atoms in total. The van der Waals surface area contributed by atoms with Gasteiger partial charge in [-0.1, -0.05) is 43.6 Å². The van der Waals surface area contributed by atoms with Gasteiger partial charge in [0.05, 0.1) is 28.5 Å². The smallest absolute Gasteiger partial charge is 0.262 e. The molecule has 0 aromatic heterocycles. The standard InChI is InChI=1S/C29H28ClIN4O4/c1-18(2)12-25(34-28(36)20-8-10-23(30)11-9-20)29(37)35-33-16-19-13-24(31)27(26(14-19)38-3)39-17-22-7-5-4-6-21(22)15-32/h4-11,13-14,16,18,25H,12,17H2,1-3H3,(H,34,36)(H,35,37)/b33-16+. The number of benzene rings is 3. The van der Waals surface area contributed by atoms with E-state index in [-0.39, 0.29) is 18.4 Å². The Morgan fingerprint density at radius 1 is 1.15 bits per heavy atom. The van der Waals surface area contributed by atoms with Gasteiger partial charge in [-0.3, -0.25) is 9.59 Å². The van der Waals surface area contributed by atoms with Gasteiger partial charge in [-0.2, -0.15) is 10.4 Å². The lowest BCUT2D eigenvalue weighted by Crippen LogP contribution is -2.46. The van der Waals surface area contributed by atoms with Gasteiger partial charge in [-0.05, 0) is 83.0 Å². The molecule has 202 valence electrons. The van der Waals surface area contributed by atoms with Crippen LogP contribution in [0, 0.1) is 20.8 Å². The largest absolute Gasteiger partial charge is 0.493 e. The van der Waals surface area contributed by atoms with Crippen LogP contribution in [0.2, 0.25) is 5.02 Å². The van der Waals surface area contributed by atoms with Crippen LogP contribution in [-0.4, -0.2) is 31.2 Å². The summed E-state index contributed by atoms with van der Waals surface area (Å²) in [7, 11) is 1.53. The molecular formula is C29H28ClIN4O4. The number of nitrogens with one attached hydrogen (secondary N) is 2. The van der Waals surface area contributed by atoms with Crippen LogP contribution in [0.1, 0.15) is 47.3 Å². The van der Waals surface area contributed by atoms with Crippen LogP contribution in [-0.2, 0) is 11.4 Å². The van der Waals surface area contributed by atoms with Gasteiger partial charge in [0, 0.05) is 16.1 Å². The van der Waals surface area contributed by atoms with Gasteiger partial charge in [0.15, 0.2) is 11.5 Å². The molecule has 0 radical (unpaired) electrons. The summed E-state index contributed by atoms with van der Waals surface area (Å²) >= 11 is 8.03. The van der Waals surface area contributed by atoms with E-state index in [1.807, 2.05) is 32.0 Å². The Labute approximate surface area is 246 Å². The molecule has 0 saturated carbocycles. The zero-order valence-electron chi connectivity index (χ0n) is 21.7. The molecule has 1 atom stereocenters. The molecule has 0 aliphatic rings. The van der Waals surface area contributed by atoms with Gasteiger partial charge >= 0.3 is 0 Å². The number of amides is 2. The van der Waals surface area contributed by atoms with Crippen molar-refractivity contribution >= 4 is 52.2 Å². The molecule has 39 heavy (non-hydrogen) atoms. The molecule has 0 saturated heterocycles. The summed E-state index contributed by atoms with van der Waals surface area (Å²) in [5.41, 5.74) is 4.92. The normalized spacial score (nSPS) is 11.6. The lowest BCUT2D eigenvalue weighted by atomic mass is 10.0. The van der Waals surface area contributed by atoms with Crippen molar-refractivity contribution in [3.63, 3.8) is 0 Å². The fourth-order valence-corrected chi connectivity index (χ4v) is 4.56. The number of carbonyl (C=O) groups excluding carboxylic acids is 2. The predicted molar refractivity (Wildman–Crippen MR) is 159 cm³/mol. The Bertz CT molecular complexity index is 1390. The molecule has 0 aliphatic heterocycles. The number of ether oxygens (including phenoxy) is 2. The fraction of sp³-hybridized carbons (Fsp3) is 0.241. The predicted octanol–water partition coefficient (Wildman–Crippen LogP) is 5.70. The van der Waals surface area contributed by atoms with E-state index in [1.54, 1.807) is 42.5 Å². The van der Waals surface area contributed by atoms with Crippen molar-refractivity contribution in [2.24, 2.45) is 11.0 Å². The third-order valence-corrected chi connectivity index (χ3v) is 6.64. The van der Waals surface area contributed by atoms with Crippen molar-refractivity contribution in [1.29, 1.82) is 5.26 Å². The number of rotatable bonds is 11. The highest BCUT2D eigenvalue weighted by Gasteiger charge is 2.22. The fourth-order valence-electron chi connectivity index (χ4n) is 3.65. The highest BCUT2D eigenvalue weighted by atomic mass is 127. The van der Waals surface area contributed by atoms with Crippen molar-refractivity contribution < 1.29 is 19.1 Å². The number of nitrogens with zero attached hydrogens (tertiary/aromatic N) is 2.